The van der Waals surface area contributed by atoms with E-state index in [9.17, 15) is 0 Å². The molecule has 2 atom stereocenters. The van der Waals surface area contributed by atoms with Crippen molar-refractivity contribution in [2.24, 2.45) is 0 Å². The quantitative estimate of drug-likeness (QED) is 0.475. The maximum atomic E-state index is 3.63. The van der Waals surface area contributed by atoms with Crippen LogP contribution in [-0.2, 0) is 0 Å². The van der Waals surface area contributed by atoms with Gasteiger partial charge in [-0.25, -0.2) is 0 Å². The van der Waals surface area contributed by atoms with Gasteiger partial charge < -0.3 is 5.32 Å². The molecule has 116 valence electrons. The Morgan fingerprint density at radius 3 is 1.21 bits per heavy atom. The average molecular weight is 307 g/mol. The molecule has 0 aromatic carbocycles. The Kier molecular flexibility index (Phi) is 9.25. The Bertz CT molecular complexity index is 210. The molecule has 2 unspecified atom stereocenters. The van der Waals surface area contributed by atoms with Crippen molar-refractivity contribution >= 4 is 16.1 Å². The molecule has 0 aliphatic rings. The minimum absolute atomic E-state index is 0.0743. The normalized spacial score (nSPS) is 16.4. The summed E-state index contributed by atoms with van der Waals surface area (Å²) in [6.07, 6.45) is 0. The van der Waals surface area contributed by atoms with Crippen LogP contribution in [0.2, 0.25) is 0 Å². The third-order valence-electron chi connectivity index (χ3n) is 3.31. The van der Waals surface area contributed by atoms with E-state index in [4.69, 9.17) is 0 Å². The molecule has 0 heterocycles. The van der Waals surface area contributed by atoms with Crippen LogP contribution in [0.25, 0.3) is 0 Å². The van der Waals surface area contributed by atoms with Crippen LogP contribution in [0.1, 0.15) is 41.5 Å². The minimum atomic E-state index is -0.0743. The molecule has 3 N–H and O–H groups in total. The molecule has 0 saturated heterocycles. The fraction of sp³-hybridized carbons (Fsp3) is 1.00. The lowest BCUT2D eigenvalue weighted by atomic mass is 10.3. The second-order valence-corrected chi connectivity index (χ2v) is 12.6. The van der Waals surface area contributed by atoms with Crippen molar-refractivity contribution in [2.75, 3.05) is 39.5 Å². The van der Waals surface area contributed by atoms with Crippen molar-refractivity contribution in [3.63, 3.8) is 0 Å². The van der Waals surface area contributed by atoms with Crippen LogP contribution in [0.3, 0.4) is 0 Å². The summed E-state index contributed by atoms with van der Waals surface area (Å²) < 4.78 is 0. The zero-order chi connectivity index (χ0) is 15.1. The first kappa shape index (κ1) is 19.7. The summed E-state index contributed by atoms with van der Waals surface area (Å²) in [7, 11) is -0.149. The van der Waals surface area contributed by atoms with Gasteiger partial charge in [-0.05, 0) is 39.8 Å². The molecule has 0 spiro atoms. The van der Waals surface area contributed by atoms with Gasteiger partial charge in [0.15, 0.2) is 0 Å². The molecule has 0 bridgehead atoms. The molecule has 3 nitrogen and oxygen atoms in total. The molecule has 0 aliphatic carbocycles. The zero-order valence-electron chi connectivity index (χ0n) is 14.2. The van der Waals surface area contributed by atoms with Gasteiger partial charge in [-0.1, -0.05) is 41.5 Å². The number of rotatable bonds is 8. The Morgan fingerprint density at radius 1 is 0.632 bits per heavy atom. The summed E-state index contributed by atoms with van der Waals surface area (Å²) in [5.41, 5.74) is 0. The molecule has 0 aliphatic heterocycles. The van der Waals surface area contributed by atoms with Crippen molar-refractivity contribution in [2.45, 2.75) is 51.9 Å². The lowest BCUT2D eigenvalue weighted by molar-refractivity contribution is 0.658. The molecular formula is C14H35N3P2. The third kappa shape index (κ3) is 10.2. The van der Waals surface area contributed by atoms with Crippen LogP contribution in [0.5, 0.6) is 0 Å². The van der Waals surface area contributed by atoms with Gasteiger partial charge in [0.25, 0.3) is 0 Å². The van der Waals surface area contributed by atoms with Crippen molar-refractivity contribution < 1.29 is 0 Å². The van der Waals surface area contributed by atoms with Gasteiger partial charge in [-0.3, -0.25) is 10.2 Å². The van der Waals surface area contributed by atoms with Crippen molar-refractivity contribution in [3.05, 3.63) is 0 Å². The van der Waals surface area contributed by atoms with E-state index in [1.807, 2.05) is 0 Å². The van der Waals surface area contributed by atoms with Gasteiger partial charge in [0, 0.05) is 26.2 Å². The number of hydrogen-bond acceptors (Lipinski definition) is 3. The van der Waals surface area contributed by atoms with Crippen LogP contribution in [0.4, 0.5) is 0 Å². The minimum Gasteiger partial charge on any atom is -0.314 e. The third-order valence-corrected chi connectivity index (χ3v) is 8.73. The lowest BCUT2D eigenvalue weighted by Gasteiger charge is -2.29. The molecule has 0 aromatic heterocycles. The number of hydrogen-bond donors (Lipinski definition) is 3. The van der Waals surface area contributed by atoms with E-state index < -0.39 is 0 Å². The smallest absolute Gasteiger partial charge is 0.0116 e. The summed E-state index contributed by atoms with van der Waals surface area (Å²) in [4.78, 5) is 0. The molecule has 5 heteroatoms. The van der Waals surface area contributed by atoms with E-state index in [2.05, 4.69) is 70.4 Å². The van der Waals surface area contributed by atoms with E-state index in [-0.39, 0.29) is 16.1 Å². The summed E-state index contributed by atoms with van der Waals surface area (Å²) >= 11 is 0. The van der Waals surface area contributed by atoms with Crippen LogP contribution in [0, 0.1) is 0 Å². The molecule has 0 saturated carbocycles. The zero-order valence-corrected chi connectivity index (χ0v) is 16.0. The first-order valence-corrected chi connectivity index (χ1v) is 10.8. The topological polar surface area (TPSA) is 36.1 Å². The molecular weight excluding hydrogens is 272 g/mol. The average Bonchev–Trinajstić information content (AvgIpc) is 2.24. The summed E-state index contributed by atoms with van der Waals surface area (Å²) in [6.45, 7) is 22.7. The molecule has 0 rings (SSSR count). The van der Waals surface area contributed by atoms with E-state index in [1.165, 1.54) is 0 Å². The highest BCUT2D eigenvalue weighted by molar-refractivity contribution is 7.56. The first-order valence-electron chi connectivity index (χ1n) is 7.20. The number of nitrogens with one attached hydrogen (secondary N) is 3. The fourth-order valence-corrected chi connectivity index (χ4v) is 3.07. The maximum absolute atomic E-state index is 3.63. The van der Waals surface area contributed by atoms with Crippen molar-refractivity contribution in [3.8, 4) is 0 Å². The maximum Gasteiger partial charge on any atom is 0.0116 e. The van der Waals surface area contributed by atoms with Crippen molar-refractivity contribution in [1.82, 2.24) is 15.5 Å². The molecule has 0 aromatic rings. The van der Waals surface area contributed by atoms with Gasteiger partial charge in [0.2, 0.25) is 0 Å². The van der Waals surface area contributed by atoms with E-state index in [0.29, 0.717) is 10.3 Å². The van der Waals surface area contributed by atoms with E-state index in [0.717, 1.165) is 26.2 Å². The second kappa shape index (κ2) is 8.90. The summed E-state index contributed by atoms with van der Waals surface area (Å²) in [6, 6.07) is 0. The summed E-state index contributed by atoms with van der Waals surface area (Å²) in [5, 5.41) is 11.6. The van der Waals surface area contributed by atoms with Crippen LogP contribution < -0.4 is 15.5 Å². The molecule has 0 amide bonds. The Labute approximate surface area is 123 Å². The van der Waals surface area contributed by atoms with Gasteiger partial charge >= 0.3 is 0 Å². The molecule has 19 heavy (non-hydrogen) atoms. The van der Waals surface area contributed by atoms with Crippen LogP contribution >= 0.6 is 16.1 Å². The highest BCUT2D eigenvalue weighted by Gasteiger charge is 2.19. The van der Waals surface area contributed by atoms with Gasteiger partial charge in [-0.2, -0.15) is 0 Å². The largest absolute Gasteiger partial charge is 0.314 e. The predicted molar refractivity (Wildman–Crippen MR) is 94.1 cm³/mol. The Balaban J connectivity index is 3.47. The Hall–Kier alpha value is 0.740. The Morgan fingerprint density at radius 2 is 0.947 bits per heavy atom. The second-order valence-electron chi connectivity index (χ2n) is 7.03. The van der Waals surface area contributed by atoms with Gasteiger partial charge in [0.1, 0.15) is 0 Å². The van der Waals surface area contributed by atoms with Gasteiger partial charge in [-0.15, -0.1) is 0 Å². The van der Waals surface area contributed by atoms with Crippen LogP contribution in [-0.4, -0.2) is 49.8 Å². The van der Waals surface area contributed by atoms with E-state index in [1.54, 1.807) is 0 Å². The highest BCUT2D eigenvalue weighted by Crippen LogP contribution is 2.41. The highest BCUT2D eigenvalue weighted by atomic mass is 31.1. The molecule has 0 radical (unpaired) electrons. The monoisotopic (exact) mass is 307 g/mol. The SMILES string of the molecule is CP(NCCNCCNP(C)C(C)(C)C)C(C)(C)C. The van der Waals surface area contributed by atoms with Gasteiger partial charge in [0.05, 0.1) is 0 Å². The fourth-order valence-electron chi connectivity index (χ4n) is 1.22. The van der Waals surface area contributed by atoms with E-state index >= 15 is 0 Å². The lowest BCUT2D eigenvalue weighted by Crippen LogP contribution is -2.33. The van der Waals surface area contributed by atoms with Crippen LogP contribution in [0.15, 0.2) is 0 Å². The van der Waals surface area contributed by atoms with Crippen molar-refractivity contribution in [1.29, 1.82) is 0 Å². The predicted octanol–water partition coefficient (Wildman–Crippen LogP) is 3.41. The standard InChI is InChI=1S/C14H35N3P2/c1-13(2,3)18(7)16-11-9-15-10-12-17-19(8)14(4,5)6/h15-17H,9-12H2,1-8H3. The first-order chi connectivity index (χ1) is 8.55. The summed E-state index contributed by atoms with van der Waals surface area (Å²) in [5.74, 6) is 0. The molecule has 0 fully saturated rings.